The molecule has 0 fully saturated rings. The summed E-state index contributed by atoms with van der Waals surface area (Å²) in [6.45, 7) is 0.272. The largest absolute Gasteiger partial charge is 0.484 e. The van der Waals surface area contributed by atoms with E-state index in [1.54, 1.807) is 24.9 Å². The van der Waals surface area contributed by atoms with Gasteiger partial charge in [-0.3, -0.25) is 0 Å². The molecule has 2 aromatic heterocycles. The number of ether oxygens (including phenoxy) is 1. The van der Waals surface area contributed by atoms with Crippen molar-refractivity contribution >= 4 is 65.7 Å². The molecular weight excluding hydrogens is 490 g/mol. The average molecular weight is 508 g/mol. The van der Waals surface area contributed by atoms with Crippen LogP contribution in [-0.2, 0) is 16.6 Å². The van der Waals surface area contributed by atoms with E-state index in [0.717, 1.165) is 38.2 Å². The lowest BCUT2D eigenvalue weighted by atomic mass is 10.1. The summed E-state index contributed by atoms with van der Waals surface area (Å²) >= 11 is 4.66. The predicted molar refractivity (Wildman–Crippen MR) is 124 cm³/mol. The smallest absolute Gasteiger partial charge is 0.246 e. The maximum atomic E-state index is 12.3. The van der Waals surface area contributed by atoms with Crippen LogP contribution in [0.1, 0.15) is 11.1 Å². The van der Waals surface area contributed by atoms with E-state index in [9.17, 15) is 8.42 Å². The third-order valence-electron chi connectivity index (χ3n) is 4.56. The van der Waals surface area contributed by atoms with Crippen molar-refractivity contribution < 1.29 is 22.0 Å². The average Bonchev–Trinajstić information content (AvgIpc) is 3.40. The van der Waals surface area contributed by atoms with Crippen molar-refractivity contribution in [3.63, 3.8) is 0 Å². The van der Waals surface area contributed by atoms with Crippen molar-refractivity contribution in [2.45, 2.75) is 6.61 Å². The Hall–Kier alpha value is -2.20. The standard InChI is InChI=1S/C21H18BrNO5S2/c1-23-30(24,25)18(29-2)11-15-4-3-14-5-7-27-20(14)21(15)28-12-13-9-16-6-8-26-19(16)17(22)10-13/h3-11,23H,12H2,1-2H3. The van der Waals surface area contributed by atoms with Crippen LogP contribution in [0.5, 0.6) is 5.75 Å². The highest BCUT2D eigenvalue weighted by Crippen LogP contribution is 2.35. The molecule has 30 heavy (non-hydrogen) atoms. The van der Waals surface area contributed by atoms with E-state index < -0.39 is 10.0 Å². The van der Waals surface area contributed by atoms with Gasteiger partial charge in [0.1, 0.15) is 16.4 Å². The van der Waals surface area contributed by atoms with E-state index in [-0.39, 0.29) is 10.8 Å². The molecule has 0 spiro atoms. The number of fused-ring (bicyclic) bond motifs is 2. The number of thioether (sulfide) groups is 1. The maximum absolute atomic E-state index is 12.3. The molecule has 9 heteroatoms. The summed E-state index contributed by atoms with van der Waals surface area (Å²) in [4.78, 5) is 0. The van der Waals surface area contributed by atoms with E-state index in [1.165, 1.54) is 7.05 Å². The van der Waals surface area contributed by atoms with Crippen LogP contribution in [0.25, 0.3) is 28.0 Å². The lowest BCUT2D eigenvalue weighted by Gasteiger charge is -2.12. The third-order valence-corrected chi connectivity index (χ3v) is 8.02. The van der Waals surface area contributed by atoms with Gasteiger partial charge in [-0.25, -0.2) is 13.1 Å². The number of furan rings is 2. The molecule has 6 nitrogen and oxygen atoms in total. The zero-order valence-electron chi connectivity index (χ0n) is 16.1. The van der Waals surface area contributed by atoms with Gasteiger partial charge < -0.3 is 13.6 Å². The van der Waals surface area contributed by atoms with Gasteiger partial charge in [0.2, 0.25) is 10.0 Å². The quantitative estimate of drug-likeness (QED) is 0.343. The van der Waals surface area contributed by atoms with Crippen molar-refractivity contribution in [1.29, 1.82) is 0 Å². The van der Waals surface area contributed by atoms with Gasteiger partial charge >= 0.3 is 0 Å². The molecule has 0 bridgehead atoms. The zero-order valence-corrected chi connectivity index (χ0v) is 19.4. The minimum absolute atomic E-state index is 0.184. The first-order valence-electron chi connectivity index (χ1n) is 8.91. The third kappa shape index (κ3) is 4.02. The fourth-order valence-electron chi connectivity index (χ4n) is 3.09. The van der Waals surface area contributed by atoms with Crippen LogP contribution in [0.15, 0.2) is 66.5 Å². The molecule has 1 N–H and O–H groups in total. The van der Waals surface area contributed by atoms with Crippen LogP contribution in [0.2, 0.25) is 0 Å². The first-order chi connectivity index (χ1) is 14.4. The minimum atomic E-state index is -3.58. The molecule has 0 aliphatic carbocycles. The summed E-state index contributed by atoms with van der Waals surface area (Å²) in [6, 6.07) is 11.3. The molecule has 0 unspecified atom stereocenters. The van der Waals surface area contributed by atoms with Gasteiger partial charge in [0.25, 0.3) is 0 Å². The summed E-state index contributed by atoms with van der Waals surface area (Å²) in [7, 11) is -2.20. The van der Waals surface area contributed by atoms with Crippen LogP contribution in [0, 0.1) is 0 Å². The molecule has 2 aromatic carbocycles. The summed E-state index contributed by atoms with van der Waals surface area (Å²) in [5.41, 5.74) is 2.89. The molecule has 0 saturated heterocycles. The first-order valence-corrected chi connectivity index (χ1v) is 12.4. The van der Waals surface area contributed by atoms with Crippen LogP contribution in [0.4, 0.5) is 0 Å². The van der Waals surface area contributed by atoms with Crippen molar-refractivity contribution in [1.82, 2.24) is 4.72 Å². The van der Waals surface area contributed by atoms with Crippen molar-refractivity contribution in [2.24, 2.45) is 0 Å². The minimum Gasteiger partial charge on any atom is -0.484 e. The second-order valence-corrected chi connectivity index (χ2v) is 10.2. The van der Waals surface area contributed by atoms with Gasteiger partial charge in [-0.2, -0.15) is 0 Å². The number of hydrogen-bond donors (Lipinski definition) is 1. The molecule has 0 aliphatic heterocycles. The Balaban J connectivity index is 1.75. The van der Waals surface area contributed by atoms with Crippen molar-refractivity contribution in [2.75, 3.05) is 13.3 Å². The predicted octanol–water partition coefficient (Wildman–Crippen LogP) is 5.73. The second kappa shape index (κ2) is 8.50. The molecule has 0 atom stereocenters. The molecule has 4 rings (SSSR count). The Morgan fingerprint density at radius 1 is 1.13 bits per heavy atom. The van der Waals surface area contributed by atoms with Crippen LogP contribution in [-0.4, -0.2) is 21.7 Å². The van der Waals surface area contributed by atoms with Crippen LogP contribution >= 0.6 is 27.7 Å². The van der Waals surface area contributed by atoms with E-state index in [2.05, 4.69) is 20.7 Å². The molecule has 0 saturated carbocycles. The topological polar surface area (TPSA) is 81.7 Å². The van der Waals surface area contributed by atoms with E-state index in [4.69, 9.17) is 13.6 Å². The Bertz CT molecular complexity index is 1350. The Labute approximate surface area is 186 Å². The highest BCUT2D eigenvalue weighted by molar-refractivity contribution is 9.10. The van der Waals surface area contributed by atoms with Gasteiger partial charge in [-0.1, -0.05) is 12.1 Å². The molecule has 0 amide bonds. The number of sulfonamides is 1. The molecule has 2 heterocycles. The Kier molecular flexibility index (Phi) is 5.97. The number of benzene rings is 2. The van der Waals surface area contributed by atoms with Crippen LogP contribution in [0.3, 0.4) is 0 Å². The molecule has 4 aromatic rings. The molecule has 0 aliphatic rings. The number of halogens is 1. The SMILES string of the molecule is CNS(=O)(=O)C(=Cc1ccc2ccoc2c1OCc1cc(Br)c2occc2c1)SC. The lowest BCUT2D eigenvalue weighted by Crippen LogP contribution is -2.18. The second-order valence-electron chi connectivity index (χ2n) is 6.40. The van der Waals surface area contributed by atoms with Gasteiger partial charge in [0.15, 0.2) is 11.3 Å². The normalized spacial score (nSPS) is 12.7. The summed E-state index contributed by atoms with van der Waals surface area (Å²) in [6.07, 6.45) is 6.52. The highest BCUT2D eigenvalue weighted by atomic mass is 79.9. The fraction of sp³-hybridized carbons (Fsp3) is 0.143. The van der Waals surface area contributed by atoms with Crippen molar-refractivity contribution in [3.8, 4) is 5.75 Å². The maximum Gasteiger partial charge on any atom is 0.246 e. The number of rotatable bonds is 7. The zero-order chi connectivity index (χ0) is 21.3. The monoisotopic (exact) mass is 507 g/mol. The van der Waals surface area contributed by atoms with E-state index in [0.29, 0.717) is 16.9 Å². The van der Waals surface area contributed by atoms with Gasteiger partial charge in [-0.15, -0.1) is 11.8 Å². The fourth-order valence-corrected chi connectivity index (χ4v) is 5.57. The molecular formula is C21H18BrNO5S2. The summed E-state index contributed by atoms with van der Waals surface area (Å²) < 4.78 is 45.2. The van der Waals surface area contributed by atoms with Gasteiger partial charge in [-0.05, 0) is 65.1 Å². The van der Waals surface area contributed by atoms with E-state index >= 15 is 0 Å². The van der Waals surface area contributed by atoms with Gasteiger partial charge in [0, 0.05) is 16.3 Å². The number of hydrogen-bond acceptors (Lipinski definition) is 6. The summed E-state index contributed by atoms with van der Waals surface area (Å²) in [5.74, 6) is 0.485. The lowest BCUT2D eigenvalue weighted by molar-refractivity contribution is 0.304. The van der Waals surface area contributed by atoms with Gasteiger partial charge in [0.05, 0.1) is 17.0 Å². The Morgan fingerprint density at radius 3 is 2.60 bits per heavy atom. The molecule has 0 radical (unpaired) electrons. The first kappa shape index (κ1) is 21.0. The number of nitrogens with one attached hydrogen (secondary N) is 1. The highest BCUT2D eigenvalue weighted by Gasteiger charge is 2.18. The summed E-state index contributed by atoms with van der Waals surface area (Å²) in [5, 5.41) is 1.83. The van der Waals surface area contributed by atoms with Crippen LogP contribution < -0.4 is 9.46 Å². The molecule has 156 valence electrons. The Morgan fingerprint density at radius 2 is 1.87 bits per heavy atom. The van der Waals surface area contributed by atoms with E-state index in [1.807, 2.05) is 36.4 Å². The van der Waals surface area contributed by atoms with Crippen molar-refractivity contribution in [3.05, 3.63) is 68.8 Å².